The van der Waals surface area contributed by atoms with Crippen molar-refractivity contribution in [3.05, 3.63) is 22.7 Å². The van der Waals surface area contributed by atoms with Crippen molar-refractivity contribution in [2.24, 2.45) is 11.8 Å². The Morgan fingerprint density at radius 2 is 2.20 bits per heavy atom. The molecule has 1 unspecified atom stereocenters. The van der Waals surface area contributed by atoms with Gasteiger partial charge in [0.2, 0.25) is 0 Å². The van der Waals surface area contributed by atoms with Crippen LogP contribution in [0.5, 0.6) is 0 Å². The average Bonchev–Trinajstić information content (AvgIpc) is 2.68. The van der Waals surface area contributed by atoms with Crippen LogP contribution < -0.4 is 0 Å². The van der Waals surface area contributed by atoms with Gasteiger partial charge in [0, 0.05) is 0 Å². The maximum absolute atomic E-state index is 3.53. The van der Waals surface area contributed by atoms with Gasteiger partial charge in [0.25, 0.3) is 0 Å². The van der Waals surface area contributed by atoms with Crippen LogP contribution in [0.25, 0.3) is 0 Å². The number of halogens is 1. The van der Waals surface area contributed by atoms with Crippen LogP contribution in [0.3, 0.4) is 0 Å². The second kappa shape index (κ2) is 2.54. The van der Waals surface area contributed by atoms with Gasteiger partial charge in [-0.05, 0) is 35.6 Å². The van der Waals surface area contributed by atoms with Crippen molar-refractivity contribution in [3.8, 4) is 0 Å². The molecule has 2 aliphatic rings. The Hall–Kier alpha value is -0.0400. The van der Waals surface area contributed by atoms with Gasteiger partial charge in [-0.1, -0.05) is 34.2 Å². The van der Waals surface area contributed by atoms with Gasteiger partial charge in [0.1, 0.15) is 0 Å². The van der Waals surface area contributed by atoms with Gasteiger partial charge >= 0.3 is 0 Å². The molecule has 0 amide bonds. The van der Waals surface area contributed by atoms with Crippen LogP contribution in [0.15, 0.2) is 22.7 Å². The summed E-state index contributed by atoms with van der Waals surface area (Å²) in [6.45, 7) is 0. The molecule has 0 aromatic carbocycles. The summed E-state index contributed by atoms with van der Waals surface area (Å²) >= 11 is 3.53. The van der Waals surface area contributed by atoms with Crippen molar-refractivity contribution in [2.45, 2.75) is 19.3 Å². The molecule has 0 spiro atoms. The van der Waals surface area contributed by atoms with E-state index in [0.29, 0.717) is 0 Å². The van der Waals surface area contributed by atoms with Crippen LogP contribution in [0.2, 0.25) is 0 Å². The third-order valence-electron chi connectivity index (χ3n) is 2.29. The zero-order valence-corrected chi connectivity index (χ0v) is 7.47. The first-order valence-corrected chi connectivity index (χ1v) is 4.68. The van der Waals surface area contributed by atoms with E-state index in [1.807, 2.05) is 0 Å². The number of hydrogen-bond acceptors (Lipinski definition) is 0. The van der Waals surface area contributed by atoms with Gasteiger partial charge < -0.3 is 0 Å². The van der Waals surface area contributed by atoms with E-state index in [4.69, 9.17) is 0 Å². The lowest BCUT2D eigenvalue weighted by molar-refractivity contribution is 0.570. The highest BCUT2D eigenvalue weighted by molar-refractivity contribution is 9.11. The van der Waals surface area contributed by atoms with Crippen LogP contribution in [0.4, 0.5) is 0 Å². The Morgan fingerprint density at radius 3 is 2.80 bits per heavy atom. The molecule has 0 aromatic heterocycles. The van der Waals surface area contributed by atoms with E-state index in [0.717, 1.165) is 11.8 Å². The third kappa shape index (κ3) is 1.34. The Bertz CT molecular complexity index is 187. The number of hydrogen-bond donors (Lipinski definition) is 0. The molecule has 0 saturated heterocycles. The Morgan fingerprint density at radius 1 is 1.40 bits per heavy atom. The lowest BCUT2D eigenvalue weighted by Crippen LogP contribution is -2.01. The summed E-state index contributed by atoms with van der Waals surface area (Å²) in [7, 11) is 0. The molecule has 0 N–H and O–H groups in total. The van der Waals surface area contributed by atoms with E-state index < -0.39 is 0 Å². The summed E-state index contributed by atoms with van der Waals surface area (Å²) in [6, 6.07) is 0. The smallest absolute Gasteiger partial charge is 0.00435 e. The molecular formula is C9H11Br. The maximum Gasteiger partial charge on any atom is -0.00435 e. The van der Waals surface area contributed by atoms with Crippen molar-refractivity contribution in [2.75, 3.05) is 0 Å². The predicted molar refractivity (Wildman–Crippen MR) is 47.0 cm³/mol. The molecule has 10 heavy (non-hydrogen) atoms. The van der Waals surface area contributed by atoms with E-state index in [1.165, 1.54) is 23.7 Å². The monoisotopic (exact) mass is 198 g/mol. The van der Waals surface area contributed by atoms with E-state index >= 15 is 0 Å². The van der Waals surface area contributed by atoms with Crippen LogP contribution in [-0.4, -0.2) is 0 Å². The first-order chi connectivity index (χ1) is 4.86. The topological polar surface area (TPSA) is 0 Å². The van der Waals surface area contributed by atoms with Crippen LogP contribution in [0.1, 0.15) is 19.3 Å². The van der Waals surface area contributed by atoms with Crippen molar-refractivity contribution < 1.29 is 0 Å². The SMILES string of the molecule is BrC1=CC=CC(C2CC2)C1. The van der Waals surface area contributed by atoms with E-state index in [-0.39, 0.29) is 0 Å². The molecule has 2 aliphatic carbocycles. The molecule has 0 heterocycles. The Kier molecular flexibility index (Phi) is 1.69. The lowest BCUT2D eigenvalue weighted by atomic mass is 9.96. The quantitative estimate of drug-likeness (QED) is 0.608. The molecule has 1 saturated carbocycles. The summed E-state index contributed by atoms with van der Waals surface area (Å²) in [6.07, 6.45) is 10.8. The van der Waals surface area contributed by atoms with Crippen molar-refractivity contribution in [1.29, 1.82) is 0 Å². The Labute approximate surface area is 70.1 Å². The summed E-state index contributed by atoms with van der Waals surface area (Å²) in [5.74, 6) is 1.86. The molecule has 1 fully saturated rings. The van der Waals surface area contributed by atoms with E-state index in [2.05, 4.69) is 34.2 Å². The minimum atomic E-state index is 0.847. The fourth-order valence-electron chi connectivity index (χ4n) is 1.51. The average molecular weight is 199 g/mol. The first-order valence-electron chi connectivity index (χ1n) is 3.89. The molecule has 1 heteroatoms. The predicted octanol–water partition coefficient (Wildman–Crippen LogP) is 3.25. The van der Waals surface area contributed by atoms with Crippen molar-refractivity contribution in [3.63, 3.8) is 0 Å². The summed E-state index contributed by atoms with van der Waals surface area (Å²) in [5.41, 5.74) is 0. The fraction of sp³-hybridized carbons (Fsp3) is 0.556. The first kappa shape index (κ1) is 6.66. The highest BCUT2D eigenvalue weighted by Gasteiger charge is 2.30. The standard InChI is InChI=1S/C9H11Br/c10-9-3-1-2-8(6-9)7-4-5-7/h1-3,7-8H,4-6H2. The van der Waals surface area contributed by atoms with Crippen LogP contribution >= 0.6 is 15.9 Å². The largest absolute Gasteiger partial charge is 0.0808 e. The van der Waals surface area contributed by atoms with Crippen molar-refractivity contribution >= 4 is 15.9 Å². The van der Waals surface area contributed by atoms with Gasteiger partial charge in [-0.25, -0.2) is 0 Å². The molecule has 0 radical (unpaired) electrons. The van der Waals surface area contributed by atoms with E-state index in [1.54, 1.807) is 0 Å². The molecular weight excluding hydrogens is 188 g/mol. The Balaban J connectivity index is 2.01. The fourth-order valence-corrected chi connectivity index (χ4v) is 2.04. The third-order valence-corrected chi connectivity index (χ3v) is 2.88. The molecule has 0 nitrogen and oxygen atoms in total. The maximum atomic E-state index is 3.53. The molecule has 1 atom stereocenters. The molecule has 0 bridgehead atoms. The second-order valence-electron chi connectivity index (χ2n) is 3.20. The second-order valence-corrected chi connectivity index (χ2v) is 4.22. The minimum absolute atomic E-state index is 0.847. The molecule has 0 aromatic rings. The summed E-state index contributed by atoms with van der Waals surface area (Å²) in [5, 5.41) is 0. The molecule has 54 valence electrons. The van der Waals surface area contributed by atoms with Gasteiger partial charge in [-0.3, -0.25) is 0 Å². The van der Waals surface area contributed by atoms with Gasteiger partial charge in [-0.15, -0.1) is 0 Å². The minimum Gasteiger partial charge on any atom is -0.0808 e. The zero-order chi connectivity index (χ0) is 6.97. The summed E-state index contributed by atoms with van der Waals surface area (Å²) in [4.78, 5) is 0. The van der Waals surface area contributed by atoms with Gasteiger partial charge in [-0.2, -0.15) is 0 Å². The van der Waals surface area contributed by atoms with Crippen molar-refractivity contribution in [1.82, 2.24) is 0 Å². The highest BCUT2D eigenvalue weighted by atomic mass is 79.9. The normalized spacial score (nSPS) is 32.1. The van der Waals surface area contributed by atoms with Gasteiger partial charge in [0.05, 0.1) is 0 Å². The zero-order valence-electron chi connectivity index (χ0n) is 5.89. The number of rotatable bonds is 1. The van der Waals surface area contributed by atoms with Crippen LogP contribution in [-0.2, 0) is 0 Å². The highest BCUT2D eigenvalue weighted by Crippen LogP contribution is 2.42. The number of allylic oxidation sites excluding steroid dienone is 4. The van der Waals surface area contributed by atoms with E-state index in [9.17, 15) is 0 Å². The van der Waals surface area contributed by atoms with Gasteiger partial charge in [0.15, 0.2) is 0 Å². The van der Waals surface area contributed by atoms with Crippen LogP contribution in [0, 0.1) is 11.8 Å². The molecule has 0 aliphatic heterocycles. The molecule has 2 rings (SSSR count). The lowest BCUT2D eigenvalue weighted by Gasteiger charge is -2.13. The summed E-state index contributed by atoms with van der Waals surface area (Å²) < 4.78 is 1.37.